The first-order valence-electron chi connectivity index (χ1n) is 7.24. The second-order valence-electron chi connectivity index (χ2n) is 6.75. The van der Waals surface area contributed by atoms with Crippen LogP contribution in [0.15, 0.2) is 12.7 Å². The fourth-order valence-electron chi connectivity index (χ4n) is 2.57. The second-order valence-corrected chi connectivity index (χ2v) is 6.75. The molecule has 1 aromatic rings. The molecule has 2 rings (SSSR count). The van der Waals surface area contributed by atoms with E-state index in [1.54, 1.807) is 12.7 Å². The fraction of sp³-hybridized carbons (Fsp3) is 0.786. The molecule has 1 unspecified atom stereocenters. The maximum atomic E-state index is 12.5. The summed E-state index contributed by atoms with van der Waals surface area (Å²) in [4.78, 5) is 18.3. The maximum Gasteiger partial charge on any atom is 0.240 e. The molecule has 2 N–H and O–H groups in total. The Morgan fingerprint density at radius 3 is 2.85 bits per heavy atom. The van der Waals surface area contributed by atoms with Crippen molar-refractivity contribution < 1.29 is 4.79 Å². The topological polar surface area (TPSA) is 77.0 Å². The Morgan fingerprint density at radius 1 is 1.50 bits per heavy atom. The third-order valence-corrected chi connectivity index (χ3v) is 3.94. The Bertz CT molecular complexity index is 437. The summed E-state index contributed by atoms with van der Waals surface area (Å²) < 4.78 is 1.84. The Kier molecular flexibility index (Phi) is 4.42. The van der Waals surface area contributed by atoms with Crippen molar-refractivity contribution in [2.24, 2.45) is 17.1 Å². The normalized spacial score (nSPS) is 21.8. The standard InChI is InChI=1S/C14H25N5O/c1-14(2,3)12(15)13(20)18-6-4-5-11(7-18)8-19-10-16-9-17-19/h9-12H,4-8,15H2,1-3H3/t11?,12-/m1/s1. The molecule has 1 aliphatic rings. The number of nitrogens with zero attached hydrogens (tertiary/aromatic N) is 4. The minimum Gasteiger partial charge on any atom is -0.341 e. The van der Waals surface area contributed by atoms with Crippen LogP contribution in [-0.4, -0.2) is 44.7 Å². The predicted octanol–water partition coefficient (Wildman–Crippen LogP) is 0.890. The Balaban J connectivity index is 1.94. The Morgan fingerprint density at radius 2 is 2.25 bits per heavy atom. The van der Waals surface area contributed by atoms with E-state index in [0.717, 1.165) is 32.5 Å². The maximum absolute atomic E-state index is 12.5. The molecular weight excluding hydrogens is 254 g/mol. The van der Waals surface area contributed by atoms with Crippen LogP contribution in [0, 0.1) is 11.3 Å². The molecule has 0 aromatic carbocycles. The molecule has 20 heavy (non-hydrogen) atoms. The zero-order valence-electron chi connectivity index (χ0n) is 12.6. The van der Waals surface area contributed by atoms with Gasteiger partial charge in [0.1, 0.15) is 12.7 Å². The first kappa shape index (κ1) is 15.0. The zero-order valence-corrected chi connectivity index (χ0v) is 12.6. The van der Waals surface area contributed by atoms with E-state index in [9.17, 15) is 4.79 Å². The number of aromatic nitrogens is 3. The second kappa shape index (κ2) is 5.91. The van der Waals surface area contributed by atoms with Gasteiger partial charge in [-0.3, -0.25) is 9.48 Å². The van der Waals surface area contributed by atoms with Crippen LogP contribution in [0.5, 0.6) is 0 Å². The van der Waals surface area contributed by atoms with Gasteiger partial charge >= 0.3 is 0 Å². The van der Waals surface area contributed by atoms with E-state index in [4.69, 9.17) is 5.73 Å². The van der Waals surface area contributed by atoms with Crippen molar-refractivity contribution in [1.82, 2.24) is 19.7 Å². The number of rotatable bonds is 3. The van der Waals surface area contributed by atoms with Gasteiger partial charge in [-0.25, -0.2) is 4.98 Å². The first-order valence-corrected chi connectivity index (χ1v) is 7.24. The molecule has 1 aromatic heterocycles. The summed E-state index contributed by atoms with van der Waals surface area (Å²) in [7, 11) is 0. The van der Waals surface area contributed by atoms with Crippen molar-refractivity contribution in [1.29, 1.82) is 0 Å². The van der Waals surface area contributed by atoms with Crippen LogP contribution < -0.4 is 5.73 Å². The summed E-state index contributed by atoms with van der Waals surface area (Å²) in [5.41, 5.74) is 5.89. The Hall–Kier alpha value is -1.43. The highest BCUT2D eigenvalue weighted by molar-refractivity contribution is 5.82. The molecule has 6 nitrogen and oxygen atoms in total. The highest BCUT2D eigenvalue weighted by atomic mass is 16.2. The van der Waals surface area contributed by atoms with Gasteiger partial charge in [0.15, 0.2) is 0 Å². The molecule has 1 amide bonds. The number of hydrogen-bond donors (Lipinski definition) is 1. The van der Waals surface area contributed by atoms with Gasteiger partial charge in [-0.15, -0.1) is 0 Å². The van der Waals surface area contributed by atoms with Crippen LogP contribution in [-0.2, 0) is 11.3 Å². The number of carbonyl (C=O) groups excluding carboxylic acids is 1. The van der Waals surface area contributed by atoms with Gasteiger partial charge in [0.05, 0.1) is 6.04 Å². The fourth-order valence-corrected chi connectivity index (χ4v) is 2.57. The number of nitrogens with two attached hydrogens (primary N) is 1. The van der Waals surface area contributed by atoms with E-state index < -0.39 is 6.04 Å². The molecule has 6 heteroatoms. The lowest BCUT2D eigenvalue weighted by atomic mass is 9.86. The predicted molar refractivity (Wildman–Crippen MR) is 76.8 cm³/mol. The lowest BCUT2D eigenvalue weighted by Gasteiger charge is -2.37. The van der Waals surface area contributed by atoms with Gasteiger partial charge in [0, 0.05) is 19.6 Å². The average molecular weight is 279 g/mol. The van der Waals surface area contributed by atoms with E-state index in [-0.39, 0.29) is 11.3 Å². The van der Waals surface area contributed by atoms with Crippen molar-refractivity contribution in [3.05, 3.63) is 12.7 Å². The molecular formula is C14H25N5O. The van der Waals surface area contributed by atoms with E-state index >= 15 is 0 Å². The molecule has 2 heterocycles. The van der Waals surface area contributed by atoms with Gasteiger partial charge in [-0.05, 0) is 24.2 Å². The highest BCUT2D eigenvalue weighted by Gasteiger charge is 2.33. The van der Waals surface area contributed by atoms with Crippen LogP contribution in [0.3, 0.4) is 0 Å². The number of hydrogen-bond acceptors (Lipinski definition) is 4. The summed E-state index contributed by atoms with van der Waals surface area (Å²) in [5, 5.41) is 4.13. The molecule has 1 aliphatic heterocycles. The average Bonchev–Trinajstić information content (AvgIpc) is 2.89. The van der Waals surface area contributed by atoms with E-state index in [1.165, 1.54) is 0 Å². The summed E-state index contributed by atoms with van der Waals surface area (Å²) in [6, 6.07) is -0.437. The molecule has 112 valence electrons. The van der Waals surface area contributed by atoms with Gasteiger partial charge in [0.25, 0.3) is 0 Å². The van der Waals surface area contributed by atoms with Gasteiger partial charge < -0.3 is 10.6 Å². The monoisotopic (exact) mass is 279 g/mol. The van der Waals surface area contributed by atoms with Crippen LogP contribution in [0.2, 0.25) is 0 Å². The highest BCUT2D eigenvalue weighted by Crippen LogP contribution is 2.23. The van der Waals surface area contributed by atoms with Crippen molar-refractivity contribution in [3.63, 3.8) is 0 Å². The SMILES string of the molecule is CC(C)(C)[C@H](N)C(=O)N1CCCC(Cn2cncn2)C1. The molecule has 0 spiro atoms. The summed E-state index contributed by atoms with van der Waals surface area (Å²) in [6.45, 7) is 8.42. The number of likely N-dealkylation sites (tertiary alicyclic amines) is 1. The Labute approximate surface area is 120 Å². The van der Waals surface area contributed by atoms with Gasteiger partial charge in [-0.2, -0.15) is 5.10 Å². The minimum atomic E-state index is -0.437. The van der Waals surface area contributed by atoms with Crippen molar-refractivity contribution in [3.8, 4) is 0 Å². The largest absolute Gasteiger partial charge is 0.341 e. The lowest BCUT2D eigenvalue weighted by molar-refractivity contribution is -0.136. The lowest BCUT2D eigenvalue weighted by Crippen LogP contribution is -2.53. The van der Waals surface area contributed by atoms with Crippen LogP contribution >= 0.6 is 0 Å². The van der Waals surface area contributed by atoms with Crippen molar-refractivity contribution in [2.75, 3.05) is 13.1 Å². The quantitative estimate of drug-likeness (QED) is 0.891. The van der Waals surface area contributed by atoms with E-state index in [0.29, 0.717) is 5.92 Å². The number of carbonyl (C=O) groups is 1. The molecule has 2 atom stereocenters. The van der Waals surface area contributed by atoms with Crippen LogP contribution in [0.4, 0.5) is 0 Å². The smallest absolute Gasteiger partial charge is 0.240 e. The van der Waals surface area contributed by atoms with E-state index in [1.807, 2.05) is 30.4 Å². The van der Waals surface area contributed by atoms with Gasteiger partial charge in [0.2, 0.25) is 5.91 Å². The number of piperidine rings is 1. The third kappa shape index (κ3) is 3.56. The summed E-state index contributed by atoms with van der Waals surface area (Å²) in [5.74, 6) is 0.502. The molecule has 0 aliphatic carbocycles. The van der Waals surface area contributed by atoms with Crippen molar-refractivity contribution in [2.45, 2.75) is 46.2 Å². The summed E-state index contributed by atoms with van der Waals surface area (Å²) >= 11 is 0. The molecule has 1 saturated heterocycles. The minimum absolute atomic E-state index is 0.0702. The zero-order chi connectivity index (χ0) is 14.8. The molecule has 0 radical (unpaired) electrons. The molecule has 0 saturated carbocycles. The summed E-state index contributed by atoms with van der Waals surface area (Å²) in [6.07, 6.45) is 5.42. The number of amides is 1. The third-order valence-electron chi connectivity index (χ3n) is 3.94. The first-order chi connectivity index (χ1) is 9.38. The molecule has 0 bridgehead atoms. The van der Waals surface area contributed by atoms with E-state index in [2.05, 4.69) is 10.1 Å². The van der Waals surface area contributed by atoms with Crippen LogP contribution in [0.1, 0.15) is 33.6 Å². The van der Waals surface area contributed by atoms with Gasteiger partial charge in [-0.1, -0.05) is 20.8 Å². The van der Waals surface area contributed by atoms with Crippen LogP contribution in [0.25, 0.3) is 0 Å². The molecule has 1 fully saturated rings. The van der Waals surface area contributed by atoms with Crippen molar-refractivity contribution >= 4 is 5.91 Å².